The van der Waals surface area contributed by atoms with Crippen LogP contribution in [-0.2, 0) is 9.59 Å². The fraction of sp³-hybridized carbons (Fsp3) is 0.800. The summed E-state index contributed by atoms with van der Waals surface area (Å²) >= 11 is 0. The molecular formula is C20H34O5. The first-order chi connectivity index (χ1) is 12.0. The molecule has 0 radical (unpaired) electrons. The molecule has 1 saturated carbocycles. The Morgan fingerprint density at radius 3 is 2.20 bits per heavy atom. The van der Waals surface area contributed by atoms with E-state index < -0.39 is 18.2 Å². The monoisotopic (exact) mass is 354 g/mol. The molecule has 1 aliphatic carbocycles. The molecule has 1 fully saturated rings. The standard InChI is InChI=1S/C20H34O5/c1-2-3-6-9-15(21)12-13-17-16(18(22)14-19(17)23)10-7-4-5-8-11-20(24)25/h4-5,16-19,22-23H,2-3,6-14H2,1H3,(H,24,25)/b5-4-/t16-,17-,18?,19?/m1/s1. The van der Waals surface area contributed by atoms with E-state index in [1.807, 2.05) is 12.2 Å². The van der Waals surface area contributed by atoms with Gasteiger partial charge in [-0.25, -0.2) is 0 Å². The number of aliphatic carboxylic acids is 1. The van der Waals surface area contributed by atoms with Crippen LogP contribution < -0.4 is 0 Å². The Labute approximate surface area is 151 Å². The molecule has 0 amide bonds. The Bertz CT molecular complexity index is 432. The Morgan fingerprint density at radius 1 is 0.920 bits per heavy atom. The summed E-state index contributed by atoms with van der Waals surface area (Å²) in [6, 6.07) is 0. The van der Waals surface area contributed by atoms with Gasteiger partial charge in [-0.05, 0) is 50.4 Å². The first kappa shape index (κ1) is 21.8. The van der Waals surface area contributed by atoms with Gasteiger partial charge in [-0.15, -0.1) is 0 Å². The van der Waals surface area contributed by atoms with Crippen molar-refractivity contribution in [3.63, 3.8) is 0 Å². The molecule has 5 nitrogen and oxygen atoms in total. The van der Waals surface area contributed by atoms with Gasteiger partial charge in [0.1, 0.15) is 5.78 Å². The van der Waals surface area contributed by atoms with Crippen molar-refractivity contribution in [2.45, 2.75) is 89.8 Å². The molecule has 0 bridgehead atoms. The summed E-state index contributed by atoms with van der Waals surface area (Å²) in [6.45, 7) is 2.11. The van der Waals surface area contributed by atoms with Gasteiger partial charge >= 0.3 is 5.97 Å². The van der Waals surface area contributed by atoms with Gasteiger partial charge in [0, 0.05) is 19.3 Å². The predicted molar refractivity (Wildman–Crippen MR) is 97.2 cm³/mol. The van der Waals surface area contributed by atoms with Crippen LogP contribution in [0.25, 0.3) is 0 Å². The summed E-state index contributed by atoms with van der Waals surface area (Å²) in [4.78, 5) is 22.4. The number of carboxylic acid groups (broad SMARTS) is 1. The molecule has 3 N–H and O–H groups in total. The summed E-state index contributed by atoms with van der Waals surface area (Å²) in [7, 11) is 0. The third kappa shape index (κ3) is 8.63. The van der Waals surface area contributed by atoms with Crippen LogP contribution in [0.4, 0.5) is 0 Å². The number of aliphatic hydroxyl groups is 2. The molecule has 1 rings (SSSR count). The average molecular weight is 354 g/mol. The number of hydrogen-bond donors (Lipinski definition) is 3. The summed E-state index contributed by atoms with van der Waals surface area (Å²) in [6.07, 6.45) is 10.2. The van der Waals surface area contributed by atoms with Crippen LogP contribution in [0.15, 0.2) is 12.2 Å². The number of carbonyl (C=O) groups excluding carboxylic acids is 1. The highest BCUT2D eigenvalue weighted by molar-refractivity contribution is 5.78. The molecule has 0 saturated heterocycles. The number of aliphatic hydroxyl groups excluding tert-OH is 2. The van der Waals surface area contributed by atoms with Crippen molar-refractivity contribution in [2.75, 3.05) is 0 Å². The van der Waals surface area contributed by atoms with E-state index in [-0.39, 0.29) is 24.0 Å². The number of ketones is 1. The number of rotatable bonds is 13. The van der Waals surface area contributed by atoms with Gasteiger partial charge in [0.15, 0.2) is 0 Å². The molecule has 25 heavy (non-hydrogen) atoms. The zero-order valence-electron chi connectivity index (χ0n) is 15.4. The minimum atomic E-state index is -0.803. The van der Waals surface area contributed by atoms with Crippen molar-refractivity contribution in [3.8, 4) is 0 Å². The van der Waals surface area contributed by atoms with Gasteiger partial charge in [0.2, 0.25) is 0 Å². The Morgan fingerprint density at radius 2 is 1.56 bits per heavy atom. The highest BCUT2D eigenvalue weighted by Gasteiger charge is 2.40. The summed E-state index contributed by atoms with van der Waals surface area (Å²) in [5.74, 6) is -0.544. The maximum Gasteiger partial charge on any atom is 0.303 e. The summed E-state index contributed by atoms with van der Waals surface area (Å²) in [5.41, 5.74) is 0. The molecule has 0 aliphatic heterocycles. The lowest BCUT2D eigenvalue weighted by atomic mass is 9.85. The lowest BCUT2D eigenvalue weighted by Gasteiger charge is -2.23. The lowest BCUT2D eigenvalue weighted by Crippen LogP contribution is -2.23. The normalized spacial score (nSPS) is 26.4. The largest absolute Gasteiger partial charge is 0.481 e. The molecule has 0 aromatic heterocycles. The zero-order valence-corrected chi connectivity index (χ0v) is 15.4. The number of Topliss-reactive ketones (excluding diaryl/α,β-unsaturated/α-hetero) is 1. The van der Waals surface area contributed by atoms with Crippen LogP contribution in [0.2, 0.25) is 0 Å². The van der Waals surface area contributed by atoms with E-state index in [9.17, 15) is 19.8 Å². The molecule has 144 valence electrons. The summed E-state index contributed by atoms with van der Waals surface area (Å²) < 4.78 is 0. The minimum absolute atomic E-state index is 0.0162. The molecule has 0 spiro atoms. The molecule has 0 aromatic carbocycles. The molecule has 5 heteroatoms. The van der Waals surface area contributed by atoms with Gasteiger partial charge in [-0.2, -0.15) is 0 Å². The Kier molecular flexibility index (Phi) is 10.7. The number of allylic oxidation sites excluding steroid dienone is 2. The minimum Gasteiger partial charge on any atom is -0.481 e. The van der Waals surface area contributed by atoms with E-state index in [0.29, 0.717) is 32.1 Å². The van der Waals surface area contributed by atoms with Gasteiger partial charge in [-0.3, -0.25) is 9.59 Å². The van der Waals surface area contributed by atoms with Gasteiger partial charge in [0.05, 0.1) is 12.2 Å². The van der Waals surface area contributed by atoms with E-state index in [2.05, 4.69) is 6.92 Å². The van der Waals surface area contributed by atoms with E-state index in [1.54, 1.807) is 0 Å². The van der Waals surface area contributed by atoms with Crippen LogP contribution in [0.3, 0.4) is 0 Å². The smallest absolute Gasteiger partial charge is 0.303 e. The van der Waals surface area contributed by atoms with Crippen LogP contribution >= 0.6 is 0 Å². The van der Waals surface area contributed by atoms with Crippen molar-refractivity contribution >= 4 is 11.8 Å². The highest BCUT2D eigenvalue weighted by atomic mass is 16.4. The molecule has 2 unspecified atom stereocenters. The molecule has 0 heterocycles. The fourth-order valence-electron chi connectivity index (χ4n) is 3.74. The SMILES string of the molecule is CCCCCC(=O)CC[C@H]1C(O)CC(O)[C@@H]1CC/C=C\CCC(=O)O. The summed E-state index contributed by atoms with van der Waals surface area (Å²) in [5, 5.41) is 29.0. The second-order valence-electron chi connectivity index (χ2n) is 7.21. The van der Waals surface area contributed by atoms with E-state index in [0.717, 1.165) is 32.1 Å². The lowest BCUT2D eigenvalue weighted by molar-refractivity contribution is -0.136. The number of carbonyl (C=O) groups is 2. The van der Waals surface area contributed by atoms with Crippen molar-refractivity contribution in [2.24, 2.45) is 11.8 Å². The Hall–Kier alpha value is -1.20. The van der Waals surface area contributed by atoms with Gasteiger partial charge < -0.3 is 15.3 Å². The van der Waals surface area contributed by atoms with Crippen molar-refractivity contribution < 1.29 is 24.9 Å². The van der Waals surface area contributed by atoms with Crippen LogP contribution in [0.1, 0.15) is 77.6 Å². The van der Waals surface area contributed by atoms with Crippen LogP contribution in [-0.4, -0.2) is 39.3 Å². The first-order valence-corrected chi connectivity index (χ1v) is 9.70. The maximum atomic E-state index is 12.0. The van der Waals surface area contributed by atoms with E-state index in [1.165, 1.54) is 0 Å². The number of unbranched alkanes of at least 4 members (excludes halogenated alkanes) is 2. The van der Waals surface area contributed by atoms with E-state index in [4.69, 9.17) is 5.11 Å². The predicted octanol–water partition coefficient (Wildman–Crippen LogP) is 3.48. The van der Waals surface area contributed by atoms with Gasteiger partial charge in [0.25, 0.3) is 0 Å². The zero-order chi connectivity index (χ0) is 18.7. The van der Waals surface area contributed by atoms with Crippen LogP contribution in [0.5, 0.6) is 0 Å². The first-order valence-electron chi connectivity index (χ1n) is 9.70. The number of hydrogen-bond acceptors (Lipinski definition) is 4. The molecule has 4 atom stereocenters. The van der Waals surface area contributed by atoms with Crippen molar-refractivity contribution in [3.05, 3.63) is 12.2 Å². The van der Waals surface area contributed by atoms with E-state index >= 15 is 0 Å². The van der Waals surface area contributed by atoms with Crippen molar-refractivity contribution in [1.29, 1.82) is 0 Å². The third-order valence-corrected chi connectivity index (χ3v) is 5.20. The topological polar surface area (TPSA) is 94.8 Å². The molecule has 0 aromatic rings. The quantitative estimate of drug-likeness (QED) is 0.348. The van der Waals surface area contributed by atoms with Gasteiger partial charge in [-0.1, -0.05) is 31.9 Å². The molecular weight excluding hydrogens is 320 g/mol. The van der Waals surface area contributed by atoms with Crippen molar-refractivity contribution in [1.82, 2.24) is 0 Å². The second-order valence-corrected chi connectivity index (χ2v) is 7.21. The maximum absolute atomic E-state index is 12.0. The Balaban J connectivity index is 2.37. The highest BCUT2D eigenvalue weighted by Crippen LogP contribution is 2.38. The third-order valence-electron chi connectivity index (χ3n) is 5.20. The van der Waals surface area contributed by atoms with Crippen LogP contribution in [0, 0.1) is 11.8 Å². The molecule has 1 aliphatic rings. The number of carboxylic acids is 1. The average Bonchev–Trinajstić information content (AvgIpc) is 2.82. The fourth-order valence-corrected chi connectivity index (χ4v) is 3.74. The second kappa shape index (κ2) is 12.2.